The Bertz CT molecular complexity index is 610. The second-order valence-electron chi connectivity index (χ2n) is 11.7. The van der Waals surface area contributed by atoms with Gasteiger partial charge in [-0.2, -0.15) is 0 Å². The van der Waals surface area contributed by atoms with E-state index in [4.69, 9.17) is 9.84 Å². The Labute approximate surface area is 248 Å². The first kappa shape index (κ1) is 38.4. The van der Waals surface area contributed by atoms with Crippen molar-refractivity contribution in [3.8, 4) is 0 Å². The number of ether oxygens (including phenoxy) is 1. The van der Waals surface area contributed by atoms with Crippen LogP contribution in [0.25, 0.3) is 0 Å². The minimum absolute atomic E-state index is 0.0137. The number of carbonyl (C=O) groups excluding carboxylic acids is 1. The summed E-state index contributed by atoms with van der Waals surface area (Å²) < 4.78 is 5.89. The van der Waals surface area contributed by atoms with Gasteiger partial charge in [-0.1, -0.05) is 128 Å². The van der Waals surface area contributed by atoms with Crippen molar-refractivity contribution < 1.29 is 19.4 Å². The lowest BCUT2D eigenvalue weighted by Crippen LogP contribution is -2.17. The van der Waals surface area contributed by atoms with E-state index in [1.807, 2.05) is 0 Å². The molecule has 0 heterocycles. The summed E-state index contributed by atoms with van der Waals surface area (Å²) in [5.74, 6) is -0.714. The van der Waals surface area contributed by atoms with Crippen LogP contribution in [0.15, 0.2) is 24.3 Å². The van der Waals surface area contributed by atoms with E-state index in [1.165, 1.54) is 89.9 Å². The largest absolute Gasteiger partial charge is 0.481 e. The molecule has 4 nitrogen and oxygen atoms in total. The molecule has 0 aromatic rings. The van der Waals surface area contributed by atoms with Crippen molar-refractivity contribution in [2.75, 3.05) is 0 Å². The lowest BCUT2D eigenvalue weighted by molar-refractivity contribution is -0.149. The highest BCUT2D eigenvalue weighted by Gasteiger charge is 2.13. The topological polar surface area (TPSA) is 63.6 Å². The van der Waals surface area contributed by atoms with Gasteiger partial charge in [0.1, 0.15) is 6.10 Å². The molecule has 0 amide bonds. The molecule has 0 spiro atoms. The number of hydrogen-bond donors (Lipinski definition) is 1. The molecule has 40 heavy (non-hydrogen) atoms. The van der Waals surface area contributed by atoms with Crippen molar-refractivity contribution in [2.45, 2.75) is 193 Å². The minimum atomic E-state index is -0.694. The summed E-state index contributed by atoms with van der Waals surface area (Å²) in [4.78, 5) is 23.0. The molecule has 0 aliphatic carbocycles. The van der Waals surface area contributed by atoms with E-state index in [9.17, 15) is 9.59 Å². The number of carbonyl (C=O) groups is 2. The molecule has 0 rings (SSSR count). The lowest BCUT2D eigenvalue weighted by atomic mass is 10.1. The zero-order valence-corrected chi connectivity index (χ0v) is 26.7. The molecule has 1 atom stereocenters. The number of unbranched alkanes of at least 4 members (excludes halogenated alkanes) is 19. The van der Waals surface area contributed by atoms with Gasteiger partial charge in [0.05, 0.1) is 0 Å². The van der Waals surface area contributed by atoms with Crippen molar-refractivity contribution in [1.82, 2.24) is 0 Å². The molecule has 0 saturated heterocycles. The minimum Gasteiger partial charge on any atom is -0.481 e. The van der Waals surface area contributed by atoms with E-state index in [0.717, 1.165) is 70.6 Å². The Kier molecular flexibility index (Phi) is 30.7. The first-order chi connectivity index (χ1) is 19.6. The van der Waals surface area contributed by atoms with E-state index in [0.29, 0.717) is 6.42 Å². The van der Waals surface area contributed by atoms with Crippen molar-refractivity contribution in [2.24, 2.45) is 0 Å². The number of carboxylic acid groups (broad SMARTS) is 1. The maximum absolute atomic E-state index is 12.5. The number of esters is 1. The summed E-state index contributed by atoms with van der Waals surface area (Å²) in [7, 11) is 0. The third-order valence-corrected chi connectivity index (χ3v) is 7.65. The van der Waals surface area contributed by atoms with Crippen molar-refractivity contribution >= 4 is 11.9 Å². The van der Waals surface area contributed by atoms with Crippen LogP contribution < -0.4 is 0 Å². The Morgan fingerprint density at radius 3 is 1.50 bits per heavy atom. The summed E-state index contributed by atoms with van der Waals surface area (Å²) in [6, 6.07) is 0. The quantitative estimate of drug-likeness (QED) is 0.0518. The first-order valence-corrected chi connectivity index (χ1v) is 17.3. The molecule has 0 saturated carbocycles. The zero-order chi connectivity index (χ0) is 29.4. The summed E-state index contributed by atoms with van der Waals surface area (Å²) in [6.07, 6.45) is 39.3. The summed E-state index contributed by atoms with van der Waals surface area (Å²) in [5.41, 5.74) is 0. The highest BCUT2D eigenvalue weighted by Crippen LogP contribution is 2.16. The fourth-order valence-electron chi connectivity index (χ4n) is 5.04. The van der Waals surface area contributed by atoms with Crippen LogP contribution in [0, 0.1) is 0 Å². The van der Waals surface area contributed by atoms with Crippen LogP contribution in [0.3, 0.4) is 0 Å². The molecule has 0 aliphatic heterocycles. The van der Waals surface area contributed by atoms with Crippen LogP contribution in [0.5, 0.6) is 0 Å². The lowest BCUT2D eigenvalue weighted by Gasteiger charge is -2.16. The molecule has 1 N–H and O–H groups in total. The molecule has 0 aliphatic rings. The third-order valence-electron chi connectivity index (χ3n) is 7.65. The van der Waals surface area contributed by atoms with E-state index in [1.54, 1.807) is 0 Å². The number of carboxylic acids is 1. The number of aliphatic carboxylic acids is 1. The van der Waals surface area contributed by atoms with Crippen LogP contribution >= 0.6 is 0 Å². The predicted octanol–water partition coefficient (Wildman–Crippen LogP) is 11.7. The molecule has 4 heteroatoms. The van der Waals surface area contributed by atoms with E-state index < -0.39 is 5.97 Å². The second-order valence-corrected chi connectivity index (χ2v) is 11.7. The van der Waals surface area contributed by atoms with Crippen LogP contribution in [-0.2, 0) is 14.3 Å². The fraction of sp³-hybridized carbons (Fsp3) is 0.833. The zero-order valence-electron chi connectivity index (χ0n) is 26.7. The number of rotatable bonds is 31. The third kappa shape index (κ3) is 31.0. The average molecular weight is 563 g/mol. The van der Waals surface area contributed by atoms with Gasteiger partial charge in [0.15, 0.2) is 0 Å². The Balaban J connectivity index is 3.91. The molecule has 0 aromatic carbocycles. The monoisotopic (exact) mass is 562 g/mol. The van der Waals surface area contributed by atoms with Gasteiger partial charge in [0.2, 0.25) is 0 Å². The molecule has 234 valence electrons. The summed E-state index contributed by atoms with van der Waals surface area (Å²) >= 11 is 0. The highest BCUT2D eigenvalue weighted by atomic mass is 16.5. The molecule has 0 bridgehead atoms. The first-order valence-electron chi connectivity index (χ1n) is 17.3. The van der Waals surface area contributed by atoms with Crippen molar-refractivity contribution in [1.29, 1.82) is 0 Å². The van der Waals surface area contributed by atoms with Crippen LogP contribution in [0.2, 0.25) is 0 Å². The molecule has 0 unspecified atom stereocenters. The Morgan fingerprint density at radius 2 is 0.975 bits per heavy atom. The van der Waals surface area contributed by atoms with Gasteiger partial charge in [-0.3, -0.25) is 9.59 Å². The van der Waals surface area contributed by atoms with Crippen molar-refractivity contribution in [3.63, 3.8) is 0 Å². The fourth-order valence-corrected chi connectivity index (χ4v) is 5.04. The van der Waals surface area contributed by atoms with E-state index >= 15 is 0 Å². The van der Waals surface area contributed by atoms with Gasteiger partial charge in [-0.25, -0.2) is 0 Å². The maximum atomic E-state index is 12.5. The SMILES string of the molecule is CCCCCCCCC=CCCCCCCCC(=O)O[C@@H](CC=CCCCCCCCC(=O)O)CCCCCC. The van der Waals surface area contributed by atoms with Crippen LogP contribution in [0.1, 0.15) is 187 Å². The van der Waals surface area contributed by atoms with Crippen LogP contribution in [-0.4, -0.2) is 23.1 Å². The summed E-state index contributed by atoms with van der Waals surface area (Å²) in [6.45, 7) is 4.49. The summed E-state index contributed by atoms with van der Waals surface area (Å²) in [5, 5.41) is 8.69. The predicted molar refractivity (Wildman–Crippen MR) is 172 cm³/mol. The standard InChI is InChI=1S/C36H66O4/c1-3-5-7-9-10-11-12-13-14-15-16-17-22-25-29-33-36(39)40-34(30-26-8-6-4-2)31-27-23-20-18-19-21-24-28-32-35(37)38/h13-14,23,27,34H,3-12,15-22,24-26,28-33H2,1-2H3,(H,37,38)/t34-/m1/s1. The van der Waals surface area contributed by atoms with E-state index in [2.05, 4.69) is 38.2 Å². The maximum Gasteiger partial charge on any atom is 0.306 e. The normalized spacial score (nSPS) is 12.4. The van der Waals surface area contributed by atoms with Gasteiger partial charge in [-0.05, 0) is 64.2 Å². The van der Waals surface area contributed by atoms with Gasteiger partial charge in [-0.15, -0.1) is 0 Å². The number of allylic oxidation sites excluding steroid dienone is 3. The molecular formula is C36H66O4. The van der Waals surface area contributed by atoms with Gasteiger partial charge < -0.3 is 9.84 Å². The number of hydrogen-bond acceptors (Lipinski definition) is 3. The Hall–Kier alpha value is -1.58. The van der Waals surface area contributed by atoms with E-state index in [-0.39, 0.29) is 18.5 Å². The molecule has 0 fully saturated rings. The van der Waals surface area contributed by atoms with Crippen molar-refractivity contribution in [3.05, 3.63) is 24.3 Å². The Morgan fingerprint density at radius 1 is 0.550 bits per heavy atom. The second kappa shape index (κ2) is 31.9. The highest BCUT2D eigenvalue weighted by molar-refractivity contribution is 5.69. The smallest absolute Gasteiger partial charge is 0.306 e. The van der Waals surface area contributed by atoms with Crippen LogP contribution in [0.4, 0.5) is 0 Å². The molecule has 0 aromatic heterocycles. The molecule has 0 radical (unpaired) electrons. The van der Waals surface area contributed by atoms with Gasteiger partial charge in [0, 0.05) is 19.3 Å². The molecular weight excluding hydrogens is 496 g/mol. The van der Waals surface area contributed by atoms with Gasteiger partial charge in [0.25, 0.3) is 0 Å². The van der Waals surface area contributed by atoms with Gasteiger partial charge >= 0.3 is 11.9 Å². The average Bonchev–Trinajstić information content (AvgIpc) is 2.93.